The van der Waals surface area contributed by atoms with Crippen LogP contribution in [0.2, 0.25) is 0 Å². The van der Waals surface area contributed by atoms with E-state index in [9.17, 15) is 14.6 Å². The number of halogens is 1. The highest BCUT2D eigenvalue weighted by atomic mass is 19.1. The van der Waals surface area contributed by atoms with Crippen molar-refractivity contribution >= 4 is 16.9 Å². The van der Waals surface area contributed by atoms with Crippen molar-refractivity contribution < 1.29 is 19.3 Å². The molecule has 22 heavy (non-hydrogen) atoms. The summed E-state index contributed by atoms with van der Waals surface area (Å²) in [7, 11) is 0. The maximum atomic E-state index is 13.5. The van der Waals surface area contributed by atoms with Crippen molar-refractivity contribution in [3.05, 3.63) is 31.2 Å². The summed E-state index contributed by atoms with van der Waals surface area (Å²) in [6.45, 7) is 2.23. The molecule has 3 rings (SSSR count). The van der Waals surface area contributed by atoms with Gasteiger partial charge in [0.1, 0.15) is 17.3 Å². The third kappa shape index (κ3) is 1.92. The van der Waals surface area contributed by atoms with Crippen LogP contribution in [0.15, 0.2) is 31.2 Å². The van der Waals surface area contributed by atoms with E-state index in [1.807, 2.05) is 0 Å². The van der Waals surface area contributed by atoms with Gasteiger partial charge in [-0.2, -0.15) is 0 Å². The monoisotopic (exact) mass is 308 g/mol. The van der Waals surface area contributed by atoms with Gasteiger partial charge >= 0.3 is 0 Å². The van der Waals surface area contributed by atoms with Gasteiger partial charge in [0.2, 0.25) is 0 Å². The van der Waals surface area contributed by atoms with Crippen molar-refractivity contribution in [1.29, 1.82) is 0 Å². The topological polar surface area (TPSA) is 106 Å². The van der Waals surface area contributed by atoms with E-state index in [4.69, 9.17) is 10.5 Å². The molecule has 0 saturated carbocycles. The molecule has 0 spiro atoms. The highest BCUT2D eigenvalue weighted by Crippen LogP contribution is 2.43. The second-order valence-corrected chi connectivity index (χ2v) is 5.31. The van der Waals surface area contributed by atoms with Crippen molar-refractivity contribution in [2.45, 2.75) is 17.9 Å². The zero-order chi connectivity index (χ0) is 15.9. The molecular weight excluding hydrogens is 291 g/mol. The molecule has 7 nitrogen and oxygen atoms in total. The number of pyridine rings is 1. The number of alkyl halides is 1. The number of nitrogens with two attached hydrogens (primary N) is 1. The molecule has 2 aromatic heterocycles. The van der Waals surface area contributed by atoms with Gasteiger partial charge < -0.3 is 20.7 Å². The van der Waals surface area contributed by atoms with Gasteiger partial charge in [-0.05, 0) is 6.07 Å². The number of aliphatic hydroxyl groups excluding tert-OH is 2. The summed E-state index contributed by atoms with van der Waals surface area (Å²) in [5.41, 5.74) is 5.75. The number of hydrogen-bond acceptors (Lipinski definition) is 6. The highest BCUT2D eigenvalue weighted by Gasteiger charge is 2.53. The molecule has 4 N–H and O–H groups in total. The fraction of sp³-hybridized carbons (Fsp3) is 0.429. The van der Waals surface area contributed by atoms with E-state index in [1.165, 1.54) is 23.2 Å². The number of nitrogen functional groups attached to an aromatic ring is 1. The van der Waals surface area contributed by atoms with E-state index in [2.05, 4.69) is 16.5 Å². The predicted molar refractivity (Wildman–Crippen MR) is 77.5 cm³/mol. The van der Waals surface area contributed by atoms with Crippen LogP contribution in [0, 0.1) is 5.92 Å². The molecule has 0 aromatic carbocycles. The summed E-state index contributed by atoms with van der Waals surface area (Å²) in [5, 5.41) is 19.9. The van der Waals surface area contributed by atoms with Crippen LogP contribution in [0.3, 0.4) is 0 Å². The van der Waals surface area contributed by atoms with Crippen molar-refractivity contribution in [3.63, 3.8) is 0 Å². The summed E-state index contributed by atoms with van der Waals surface area (Å²) in [6, 6.07) is 1.61. The highest BCUT2D eigenvalue weighted by molar-refractivity contribution is 5.83. The normalized spacial score (nSPS) is 31.7. The Kier molecular flexibility index (Phi) is 3.59. The minimum absolute atomic E-state index is 0.424. The lowest BCUT2D eigenvalue weighted by atomic mass is 9.91. The molecule has 8 heteroatoms. The number of aromatic nitrogens is 3. The number of rotatable bonds is 4. The largest absolute Gasteiger partial charge is 0.397 e. The van der Waals surface area contributed by atoms with Crippen LogP contribution >= 0.6 is 0 Å². The first kappa shape index (κ1) is 14.9. The van der Waals surface area contributed by atoms with Crippen LogP contribution in [0.25, 0.3) is 11.2 Å². The molecule has 0 radical (unpaired) electrons. The Morgan fingerprint density at radius 1 is 1.55 bits per heavy atom. The summed E-state index contributed by atoms with van der Waals surface area (Å²) < 4.78 is 20.7. The molecule has 1 aliphatic rings. The average Bonchev–Trinajstić information content (AvgIpc) is 3.07. The summed E-state index contributed by atoms with van der Waals surface area (Å²) >= 11 is 0. The quantitative estimate of drug-likeness (QED) is 0.706. The zero-order valence-electron chi connectivity index (χ0n) is 11.8. The number of hydrogen-bond donors (Lipinski definition) is 3. The molecular formula is C14H17FN4O3. The molecule has 0 bridgehead atoms. The molecule has 0 unspecified atom stereocenters. The molecule has 1 saturated heterocycles. The van der Waals surface area contributed by atoms with E-state index in [0.29, 0.717) is 16.9 Å². The Labute approximate surface area is 125 Å². The first-order chi connectivity index (χ1) is 10.6. The maximum Gasteiger partial charge on any atom is 0.164 e. The van der Waals surface area contributed by atoms with Gasteiger partial charge in [0.15, 0.2) is 5.65 Å². The molecule has 3 heterocycles. The summed E-state index contributed by atoms with van der Waals surface area (Å²) in [6.07, 6.45) is 2.14. The van der Waals surface area contributed by atoms with Gasteiger partial charge in [0.05, 0.1) is 37.3 Å². The minimum atomic E-state index is -1.42. The van der Waals surface area contributed by atoms with Crippen molar-refractivity contribution in [2.75, 3.05) is 19.0 Å². The predicted octanol–water partition coefficient (Wildman–Crippen LogP) is 0.406. The van der Waals surface area contributed by atoms with Crippen molar-refractivity contribution in [3.8, 4) is 0 Å². The number of aliphatic hydroxyl groups is 2. The fourth-order valence-corrected chi connectivity index (χ4v) is 2.83. The van der Waals surface area contributed by atoms with E-state index in [-0.39, 0.29) is 0 Å². The zero-order valence-corrected chi connectivity index (χ0v) is 11.8. The lowest BCUT2D eigenvalue weighted by Crippen LogP contribution is -2.43. The smallest absolute Gasteiger partial charge is 0.164 e. The van der Waals surface area contributed by atoms with Gasteiger partial charge in [-0.1, -0.05) is 6.08 Å². The van der Waals surface area contributed by atoms with Crippen LogP contribution in [0.1, 0.15) is 6.23 Å². The second-order valence-electron chi connectivity index (χ2n) is 5.31. The molecule has 1 aliphatic heterocycles. The van der Waals surface area contributed by atoms with E-state index in [1.54, 1.807) is 6.07 Å². The molecule has 118 valence electrons. The first-order valence-corrected chi connectivity index (χ1v) is 6.81. The van der Waals surface area contributed by atoms with Crippen LogP contribution in [0.5, 0.6) is 0 Å². The van der Waals surface area contributed by atoms with E-state index < -0.39 is 37.1 Å². The summed E-state index contributed by atoms with van der Waals surface area (Å²) in [4.78, 5) is 8.35. The molecule has 4 atom stereocenters. The molecule has 1 fully saturated rings. The van der Waals surface area contributed by atoms with E-state index >= 15 is 0 Å². The van der Waals surface area contributed by atoms with Crippen LogP contribution in [-0.2, 0) is 4.74 Å². The number of nitrogens with zero attached hydrogens (tertiary/aromatic N) is 3. The molecule has 2 aromatic rings. The van der Waals surface area contributed by atoms with Gasteiger partial charge in [0.25, 0.3) is 0 Å². The van der Waals surface area contributed by atoms with Crippen molar-refractivity contribution in [1.82, 2.24) is 14.5 Å². The fourth-order valence-electron chi connectivity index (χ4n) is 2.83. The molecule has 0 amide bonds. The number of imidazole rings is 1. The Hall–Kier alpha value is -2.03. The second kappa shape index (κ2) is 5.31. The first-order valence-electron chi connectivity index (χ1n) is 6.81. The third-order valence-corrected chi connectivity index (χ3v) is 4.15. The van der Waals surface area contributed by atoms with Gasteiger partial charge in [-0.3, -0.25) is 8.96 Å². The van der Waals surface area contributed by atoms with Gasteiger partial charge in [0, 0.05) is 6.20 Å². The van der Waals surface area contributed by atoms with Gasteiger partial charge in [-0.25, -0.2) is 9.97 Å². The third-order valence-electron chi connectivity index (χ3n) is 4.15. The number of anilines is 1. The standard InChI is InChI=1S/C14H17FN4O3/c1-2-14(6-20)11(21)8(5-15)13(22-14)19-7-18-10-9(16)3-4-17-12(10)19/h2-4,7-8,11,13,20-21H,1,5-6H2,(H2,16,17)/t8-,11-,13+,14+/m0/s1. The lowest BCUT2D eigenvalue weighted by molar-refractivity contribution is -0.0959. The Bertz CT molecular complexity index is 706. The Morgan fingerprint density at radius 2 is 2.32 bits per heavy atom. The van der Waals surface area contributed by atoms with Crippen LogP contribution < -0.4 is 5.73 Å². The average molecular weight is 308 g/mol. The number of ether oxygens (including phenoxy) is 1. The van der Waals surface area contributed by atoms with Crippen molar-refractivity contribution in [2.24, 2.45) is 5.92 Å². The van der Waals surface area contributed by atoms with Gasteiger partial charge in [-0.15, -0.1) is 6.58 Å². The Balaban J connectivity index is 2.10. The minimum Gasteiger partial charge on any atom is -0.397 e. The molecule has 0 aliphatic carbocycles. The Morgan fingerprint density at radius 3 is 2.95 bits per heavy atom. The van der Waals surface area contributed by atoms with Crippen LogP contribution in [-0.4, -0.2) is 49.7 Å². The van der Waals surface area contributed by atoms with Crippen LogP contribution in [0.4, 0.5) is 10.1 Å². The maximum absolute atomic E-state index is 13.5. The SMILES string of the molecule is C=C[C@]1(CO)O[C@@H](n2cnc3c(N)ccnc32)[C@@H](CF)[C@@H]1O. The number of fused-ring (bicyclic) bond motifs is 1. The summed E-state index contributed by atoms with van der Waals surface area (Å²) in [5.74, 6) is -0.884. The lowest BCUT2D eigenvalue weighted by Gasteiger charge is -2.26. The van der Waals surface area contributed by atoms with E-state index in [0.717, 1.165) is 0 Å².